The molecule has 226 valence electrons. The topological polar surface area (TPSA) is 45.7 Å². The molecule has 0 amide bonds. The number of rotatable bonds is 5. The van der Waals surface area contributed by atoms with E-state index in [1.54, 1.807) is 12.1 Å². The number of hydrogen-bond donors (Lipinski definition) is 0. The van der Waals surface area contributed by atoms with Gasteiger partial charge >= 0.3 is 5.97 Å². The van der Waals surface area contributed by atoms with Gasteiger partial charge in [0.2, 0.25) is 0 Å². The maximum atomic E-state index is 12.2. The Morgan fingerprint density at radius 1 is 0.574 bits per heavy atom. The van der Waals surface area contributed by atoms with Gasteiger partial charge in [0, 0.05) is 16.6 Å². The molecule has 6 aromatic carbocycles. The van der Waals surface area contributed by atoms with Crippen molar-refractivity contribution in [2.24, 2.45) is 0 Å². The van der Waals surface area contributed by atoms with Crippen LogP contribution in [0.1, 0.15) is 15.9 Å². The summed E-state index contributed by atoms with van der Waals surface area (Å²) in [6.07, 6.45) is 0. The van der Waals surface area contributed by atoms with Crippen molar-refractivity contribution in [1.82, 2.24) is 4.98 Å². The monoisotopic (exact) mass is 609 g/mol. The van der Waals surface area contributed by atoms with Crippen LogP contribution >= 0.6 is 0 Å². The van der Waals surface area contributed by atoms with E-state index in [0.717, 1.165) is 67.4 Å². The molecule has 1 aliphatic rings. The number of esters is 1. The minimum absolute atomic E-state index is 0.363. The van der Waals surface area contributed by atoms with Crippen LogP contribution in [0, 0.1) is 6.92 Å². The van der Waals surface area contributed by atoms with E-state index >= 15 is 0 Å². The van der Waals surface area contributed by atoms with Gasteiger partial charge in [0.15, 0.2) is 0 Å². The average Bonchev–Trinajstić information content (AvgIpc) is 3.13. The SMILES string of the molecule is COC(=O)c1ccc(-c2cc(-c3ccc(C)cc3)c3cccc(N4c5ccccc5N(c5ccccc5)c5ccccc54)c3n2)cc1. The van der Waals surface area contributed by atoms with Crippen molar-refractivity contribution in [1.29, 1.82) is 0 Å². The number of fused-ring (bicyclic) bond motifs is 3. The van der Waals surface area contributed by atoms with Gasteiger partial charge in [-0.1, -0.05) is 96.6 Å². The Morgan fingerprint density at radius 2 is 1.13 bits per heavy atom. The molecule has 8 rings (SSSR count). The first-order valence-corrected chi connectivity index (χ1v) is 15.6. The highest BCUT2D eigenvalue weighted by Crippen LogP contribution is 2.55. The first-order valence-electron chi connectivity index (χ1n) is 15.6. The Bertz CT molecular complexity index is 2210. The predicted octanol–water partition coefficient (Wildman–Crippen LogP) is 10.9. The quantitative estimate of drug-likeness (QED) is 0.182. The van der Waals surface area contributed by atoms with Crippen molar-refractivity contribution >= 4 is 51.0 Å². The summed E-state index contributed by atoms with van der Waals surface area (Å²) in [6.45, 7) is 2.10. The Kier molecular flexibility index (Phi) is 6.99. The van der Waals surface area contributed by atoms with Gasteiger partial charge in [-0.15, -0.1) is 0 Å². The van der Waals surface area contributed by atoms with Crippen LogP contribution in [0.5, 0.6) is 0 Å². The third-order valence-corrected chi connectivity index (χ3v) is 8.76. The molecule has 0 N–H and O–H groups in total. The minimum Gasteiger partial charge on any atom is -0.465 e. The van der Waals surface area contributed by atoms with Crippen LogP contribution in [0.15, 0.2) is 152 Å². The van der Waals surface area contributed by atoms with Crippen LogP contribution < -0.4 is 9.80 Å². The van der Waals surface area contributed by atoms with E-state index in [4.69, 9.17) is 9.72 Å². The summed E-state index contributed by atoms with van der Waals surface area (Å²) in [6, 6.07) is 52.2. The predicted molar refractivity (Wildman–Crippen MR) is 192 cm³/mol. The molecule has 0 fully saturated rings. The molecule has 2 heterocycles. The Morgan fingerprint density at radius 3 is 1.74 bits per heavy atom. The lowest BCUT2D eigenvalue weighted by Gasteiger charge is -2.40. The molecule has 0 radical (unpaired) electrons. The number of ether oxygens (including phenoxy) is 1. The Labute approximate surface area is 274 Å². The van der Waals surface area contributed by atoms with Gasteiger partial charge in [-0.25, -0.2) is 9.78 Å². The Balaban J connectivity index is 1.39. The lowest BCUT2D eigenvalue weighted by atomic mass is 9.96. The highest BCUT2D eigenvalue weighted by atomic mass is 16.5. The fourth-order valence-electron chi connectivity index (χ4n) is 6.49. The number of carbonyl (C=O) groups is 1. The molecule has 0 spiro atoms. The number of pyridine rings is 1. The Hall–Kier alpha value is -6.20. The zero-order valence-corrected chi connectivity index (χ0v) is 26.1. The molecule has 0 saturated heterocycles. The number of carbonyl (C=O) groups excluding carboxylic acids is 1. The normalized spacial score (nSPS) is 12.0. The van der Waals surface area contributed by atoms with Crippen molar-refractivity contribution < 1.29 is 9.53 Å². The van der Waals surface area contributed by atoms with E-state index < -0.39 is 0 Å². The second-order valence-corrected chi connectivity index (χ2v) is 11.6. The largest absolute Gasteiger partial charge is 0.465 e. The van der Waals surface area contributed by atoms with E-state index in [9.17, 15) is 4.79 Å². The molecule has 0 saturated carbocycles. The zero-order valence-electron chi connectivity index (χ0n) is 26.1. The van der Waals surface area contributed by atoms with E-state index in [1.165, 1.54) is 12.7 Å². The van der Waals surface area contributed by atoms with E-state index in [-0.39, 0.29) is 5.97 Å². The molecule has 5 heteroatoms. The number of nitrogens with zero attached hydrogens (tertiary/aromatic N) is 3. The second kappa shape index (κ2) is 11.6. The van der Waals surface area contributed by atoms with Crippen LogP contribution in [0.25, 0.3) is 33.3 Å². The highest BCUT2D eigenvalue weighted by Gasteiger charge is 2.31. The first kappa shape index (κ1) is 28.3. The van der Waals surface area contributed by atoms with Crippen LogP contribution in [-0.2, 0) is 4.74 Å². The summed E-state index contributed by atoms with van der Waals surface area (Å²) in [5, 5.41) is 1.06. The summed E-state index contributed by atoms with van der Waals surface area (Å²) < 4.78 is 4.94. The standard InChI is InChI=1S/C42H31N3O2/c1-28-19-21-29(22-20-28)34-27-35(30-23-25-31(26-24-30)42(46)47-2)43-41-33(34)13-10-18-40(41)45-38-16-8-6-14-36(38)44(32-11-4-3-5-12-32)37-15-7-9-17-39(37)45/h3-27H,1-2H3. The first-order chi connectivity index (χ1) is 23.1. The fraction of sp³-hybridized carbons (Fsp3) is 0.0476. The number of hydrogen-bond acceptors (Lipinski definition) is 5. The molecule has 0 aliphatic carbocycles. The van der Waals surface area contributed by atoms with Gasteiger partial charge < -0.3 is 14.5 Å². The lowest BCUT2D eigenvalue weighted by molar-refractivity contribution is 0.0600. The number of para-hydroxylation sites is 6. The van der Waals surface area contributed by atoms with Crippen molar-refractivity contribution in [2.45, 2.75) is 6.92 Å². The molecule has 47 heavy (non-hydrogen) atoms. The van der Waals surface area contributed by atoms with E-state index in [2.05, 4.69) is 138 Å². The lowest BCUT2D eigenvalue weighted by Crippen LogP contribution is -2.24. The number of aromatic nitrogens is 1. The maximum absolute atomic E-state index is 12.2. The van der Waals surface area contributed by atoms with Crippen molar-refractivity contribution in [3.05, 3.63) is 163 Å². The summed E-state index contributed by atoms with van der Waals surface area (Å²) in [5.74, 6) is -0.363. The molecule has 7 aromatic rings. The van der Waals surface area contributed by atoms with Gasteiger partial charge in [0.25, 0.3) is 0 Å². The van der Waals surface area contributed by atoms with Crippen LogP contribution in [0.3, 0.4) is 0 Å². The highest BCUT2D eigenvalue weighted by molar-refractivity contribution is 6.09. The molecule has 1 aliphatic heterocycles. The molecular formula is C42H31N3O2. The third-order valence-electron chi connectivity index (χ3n) is 8.76. The van der Waals surface area contributed by atoms with Gasteiger partial charge in [-0.05, 0) is 78.7 Å². The molecule has 5 nitrogen and oxygen atoms in total. The molecular weight excluding hydrogens is 578 g/mol. The van der Waals surface area contributed by atoms with Crippen LogP contribution in [0.4, 0.5) is 34.1 Å². The van der Waals surface area contributed by atoms with Crippen molar-refractivity contribution in [3.8, 4) is 22.4 Å². The van der Waals surface area contributed by atoms with Gasteiger partial charge in [-0.3, -0.25) is 0 Å². The number of methoxy groups -OCH3 is 1. The number of aryl methyl sites for hydroxylation is 1. The van der Waals surface area contributed by atoms with Crippen molar-refractivity contribution in [3.63, 3.8) is 0 Å². The molecule has 0 unspecified atom stereocenters. The van der Waals surface area contributed by atoms with E-state index in [0.29, 0.717) is 5.56 Å². The maximum Gasteiger partial charge on any atom is 0.337 e. The molecule has 0 atom stereocenters. The van der Waals surface area contributed by atoms with Crippen LogP contribution in [0.2, 0.25) is 0 Å². The minimum atomic E-state index is -0.363. The van der Waals surface area contributed by atoms with Gasteiger partial charge in [-0.2, -0.15) is 0 Å². The van der Waals surface area contributed by atoms with Crippen LogP contribution in [-0.4, -0.2) is 18.1 Å². The average molecular weight is 610 g/mol. The third kappa shape index (κ3) is 4.89. The second-order valence-electron chi connectivity index (χ2n) is 11.6. The summed E-state index contributed by atoms with van der Waals surface area (Å²) >= 11 is 0. The number of anilines is 6. The molecule has 1 aromatic heterocycles. The molecule has 0 bridgehead atoms. The van der Waals surface area contributed by atoms with Crippen molar-refractivity contribution in [2.75, 3.05) is 16.9 Å². The smallest absolute Gasteiger partial charge is 0.337 e. The van der Waals surface area contributed by atoms with Gasteiger partial charge in [0.05, 0.1) is 52.3 Å². The van der Waals surface area contributed by atoms with Gasteiger partial charge in [0.1, 0.15) is 0 Å². The zero-order chi connectivity index (χ0) is 31.9. The summed E-state index contributed by atoms with van der Waals surface area (Å²) in [7, 11) is 1.40. The fourth-order valence-corrected chi connectivity index (χ4v) is 6.49. The summed E-state index contributed by atoms with van der Waals surface area (Å²) in [4.78, 5) is 22.2. The summed E-state index contributed by atoms with van der Waals surface area (Å²) in [5.41, 5.74) is 12.9. The number of benzene rings is 6. The van der Waals surface area contributed by atoms with E-state index in [1.807, 2.05) is 18.2 Å².